The minimum atomic E-state index is -4.78. The zero-order valence-electron chi connectivity index (χ0n) is 11.5. The van der Waals surface area contributed by atoms with Gasteiger partial charge < -0.3 is 9.47 Å². The van der Waals surface area contributed by atoms with Crippen LogP contribution in [-0.2, 0) is 4.74 Å². The molecule has 1 fully saturated rings. The molecule has 1 aromatic rings. The Morgan fingerprint density at radius 2 is 2.24 bits per heavy atom. The normalized spacial score (nSPS) is 20.3. The molecule has 4 nitrogen and oxygen atoms in total. The molecule has 1 aliphatic heterocycles. The molecule has 21 heavy (non-hydrogen) atoms. The second-order valence-electron chi connectivity index (χ2n) is 4.69. The predicted octanol–water partition coefficient (Wildman–Crippen LogP) is 2.49. The highest BCUT2D eigenvalue weighted by Crippen LogP contribution is 2.24. The molecule has 0 N–H and O–H groups in total. The number of likely N-dealkylation sites (N-methyl/N-ethyl adjacent to an activating group) is 1. The summed E-state index contributed by atoms with van der Waals surface area (Å²) in [4.78, 5) is 14.3. The molecule has 1 atom stereocenters. The van der Waals surface area contributed by atoms with Crippen LogP contribution in [-0.4, -0.2) is 49.4 Å². The third-order valence-corrected chi connectivity index (χ3v) is 3.24. The van der Waals surface area contributed by atoms with Crippen LogP contribution in [0.2, 0.25) is 0 Å². The average molecular weight is 303 g/mol. The molecule has 0 saturated carbocycles. The third-order valence-electron chi connectivity index (χ3n) is 3.24. The van der Waals surface area contributed by atoms with E-state index in [1.165, 1.54) is 12.1 Å². The number of hydrogen-bond donors (Lipinski definition) is 0. The number of ketones is 1. The van der Waals surface area contributed by atoms with Crippen LogP contribution in [0.5, 0.6) is 5.75 Å². The average Bonchev–Trinajstić information content (AvgIpc) is 2.45. The lowest BCUT2D eigenvalue weighted by Gasteiger charge is -2.31. The first-order valence-corrected chi connectivity index (χ1v) is 6.63. The largest absolute Gasteiger partial charge is 0.573 e. The number of carbonyl (C=O) groups is 1. The Bertz CT molecular complexity index is 504. The van der Waals surface area contributed by atoms with Crippen LogP contribution in [0.25, 0.3) is 0 Å². The zero-order chi connectivity index (χ0) is 15.5. The maximum Gasteiger partial charge on any atom is 0.573 e. The highest BCUT2D eigenvalue weighted by atomic mass is 19.4. The first kappa shape index (κ1) is 15.8. The standard InChI is InChI=1S/C14H16F3NO3/c1-2-18-6-7-20-12(9-18)13(19)10-4-3-5-11(8-10)21-14(15,16)17/h3-5,8,12H,2,6-7,9H2,1H3. The number of benzene rings is 1. The number of rotatable bonds is 4. The van der Waals surface area contributed by atoms with Gasteiger partial charge in [0.05, 0.1) is 6.61 Å². The van der Waals surface area contributed by atoms with Crippen molar-refractivity contribution >= 4 is 5.78 Å². The number of carbonyl (C=O) groups excluding carboxylic acids is 1. The number of hydrogen-bond acceptors (Lipinski definition) is 4. The lowest BCUT2D eigenvalue weighted by Crippen LogP contribution is -2.45. The van der Waals surface area contributed by atoms with E-state index < -0.39 is 18.2 Å². The summed E-state index contributed by atoms with van der Waals surface area (Å²) in [5.74, 6) is -0.739. The van der Waals surface area contributed by atoms with E-state index in [2.05, 4.69) is 9.64 Å². The van der Waals surface area contributed by atoms with E-state index >= 15 is 0 Å². The topological polar surface area (TPSA) is 38.8 Å². The van der Waals surface area contributed by atoms with Gasteiger partial charge in [0.15, 0.2) is 5.78 Å². The Morgan fingerprint density at radius 1 is 1.48 bits per heavy atom. The zero-order valence-corrected chi connectivity index (χ0v) is 11.5. The lowest BCUT2D eigenvalue weighted by molar-refractivity contribution is -0.274. The number of morpholine rings is 1. The van der Waals surface area contributed by atoms with E-state index in [0.29, 0.717) is 13.2 Å². The molecule has 1 aliphatic rings. The molecule has 0 spiro atoms. The van der Waals surface area contributed by atoms with Gasteiger partial charge in [0.25, 0.3) is 0 Å². The third kappa shape index (κ3) is 4.44. The van der Waals surface area contributed by atoms with Crippen LogP contribution in [0.3, 0.4) is 0 Å². The highest BCUT2D eigenvalue weighted by molar-refractivity contribution is 6.00. The summed E-state index contributed by atoms with van der Waals surface area (Å²) in [6.45, 7) is 4.40. The maximum absolute atomic E-state index is 12.3. The van der Waals surface area contributed by atoms with Crippen LogP contribution in [0, 0.1) is 0 Å². The predicted molar refractivity (Wildman–Crippen MR) is 69.3 cm³/mol. The second-order valence-corrected chi connectivity index (χ2v) is 4.69. The summed E-state index contributed by atoms with van der Waals surface area (Å²) in [7, 11) is 0. The number of nitrogens with zero attached hydrogens (tertiary/aromatic N) is 1. The summed E-state index contributed by atoms with van der Waals surface area (Å²) >= 11 is 0. The molecule has 1 aromatic carbocycles. The fraction of sp³-hybridized carbons (Fsp3) is 0.500. The van der Waals surface area contributed by atoms with Crippen LogP contribution >= 0.6 is 0 Å². The van der Waals surface area contributed by atoms with Gasteiger partial charge in [-0.2, -0.15) is 0 Å². The van der Waals surface area contributed by atoms with Crippen molar-refractivity contribution in [2.75, 3.05) is 26.2 Å². The van der Waals surface area contributed by atoms with Crippen molar-refractivity contribution in [3.8, 4) is 5.75 Å². The molecule has 0 aliphatic carbocycles. The van der Waals surface area contributed by atoms with E-state index in [1.54, 1.807) is 0 Å². The van der Waals surface area contributed by atoms with Gasteiger partial charge in [-0.15, -0.1) is 13.2 Å². The van der Waals surface area contributed by atoms with Crippen molar-refractivity contribution in [3.05, 3.63) is 29.8 Å². The van der Waals surface area contributed by atoms with E-state index in [9.17, 15) is 18.0 Å². The second kappa shape index (κ2) is 6.44. The Morgan fingerprint density at radius 3 is 2.90 bits per heavy atom. The highest BCUT2D eigenvalue weighted by Gasteiger charge is 2.32. The smallest absolute Gasteiger partial charge is 0.406 e. The molecule has 0 aromatic heterocycles. The van der Waals surface area contributed by atoms with E-state index in [-0.39, 0.29) is 11.3 Å². The summed E-state index contributed by atoms with van der Waals surface area (Å²) in [6.07, 6.45) is -5.43. The summed E-state index contributed by atoms with van der Waals surface area (Å²) in [5.41, 5.74) is 0.153. The van der Waals surface area contributed by atoms with E-state index in [0.717, 1.165) is 25.2 Å². The fourth-order valence-electron chi connectivity index (χ4n) is 2.18. The molecular formula is C14H16F3NO3. The molecule has 116 valence electrons. The quantitative estimate of drug-likeness (QED) is 0.801. The number of halogens is 3. The van der Waals surface area contributed by atoms with Crippen LogP contribution in [0.15, 0.2) is 24.3 Å². The van der Waals surface area contributed by atoms with Crippen molar-refractivity contribution in [1.29, 1.82) is 0 Å². The van der Waals surface area contributed by atoms with Gasteiger partial charge in [-0.1, -0.05) is 19.1 Å². The van der Waals surface area contributed by atoms with Gasteiger partial charge in [0.2, 0.25) is 0 Å². The molecule has 2 rings (SSSR count). The molecule has 0 amide bonds. The van der Waals surface area contributed by atoms with E-state index in [1.807, 2.05) is 6.92 Å². The van der Waals surface area contributed by atoms with Gasteiger partial charge in [-0.05, 0) is 18.7 Å². The van der Waals surface area contributed by atoms with Gasteiger partial charge in [-0.25, -0.2) is 0 Å². The maximum atomic E-state index is 12.3. The minimum absolute atomic E-state index is 0.153. The van der Waals surface area contributed by atoms with Crippen molar-refractivity contribution in [2.45, 2.75) is 19.4 Å². The van der Waals surface area contributed by atoms with Crippen molar-refractivity contribution in [3.63, 3.8) is 0 Å². The van der Waals surface area contributed by atoms with E-state index in [4.69, 9.17) is 4.74 Å². The van der Waals surface area contributed by atoms with Gasteiger partial charge >= 0.3 is 6.36 Å². The van der Waals surface area contributed by atoms with Crippen molar-refractivity contribution in [1.82, 2.24) is 4.90 Å². The van der Waals surface area contributed by atoms with Gasteiger partial charge in [0, 0.05) is 18.7 Å². The van der Waals surface area contributed by atoms with Crippen LogP contribution in [0.1, 0.15) is 17.3 Å². The number of ether oxygens (including phenoxy) is 2. The summed E-state index contributed by atoms with van der Waals surface area (Å²) in [6, 6.07) is 5.06. The Labute approximate surface area is 120 Å². The summed E-state index contributed by atoms with van der Waals surface area (Å²) in [5, 5.41) is 0. The molecule has 1 saturated heterocycles. The molecule has 0 radical (unpaired) electrons. The molecular weight excluding hydrogens is 287 g/mol. The van der Waals surface area contributed by atoms with Crippen LogP contribution < -0.4 is 4.74 Å². The van der Waals surface area contributed by atoms with Crippen LogP contribution in [0.4, 0.5) is 13.2 Å². The number of Topliss-reactive ketones (excluding diaryl/α,β-unsaturated/α-hetero) is 1. The molecule has 7 heteroatoms. The van der Waals surface area contributed by atoms with Gasteiger partial charge in [0.1, 0.15) is 11.9 Å². The Balaban J connectivity index is 2.10. The lowest BCUT2D eigenvalue weighted by atomic mass is 10.0. The molecule has 1 unspecified atom stereocenters. The number of alkyl halides is 3. The SMILES string of the molecule is CCN1CCOC(C(=O)c2cccc(OC(F)(F)F)c2)C1. The summed E-state index contributed by atoms with van der Waals surface area (Å²) < 4.78 is 45.8. The Hall–Kier alpha value is -1.60. The monoisotopic (exact) mass is 303 g/mol. The fourth-order valence-corrected chi connectivity index (χ4v) is 2.18. The van der Waals surface area contributed by atoms with Gasteiger partial charge in [-0.3, -0.25) is 9.69 Å². The minimum Gasteiger partial charge on any atom is -0.406 e. The van der Waals surface area contributed by atoms with Crippen molar-refractivity contribution < 1.29 is 27.4 Å². The molecule has 0 bridgehead atoms. The Kier molecular flexibility index (Phi) is 4.84. The first-order chi connectivity index (χ1) is 9.89. The first-order valence-electron chi connectivity index (χ1n) is 6.63. The molecule has 1 heterocycles. The van der Waals surface area contributed by atoms with Crippen molar-refractivity contribution in [2.24, 2.45) is 0 Å².